The molecule has 72 heavy (non-hydrogen) atoms. The van der Waals surface area contributed by atoms with Gasteiger partial charge in [-0.2, -0.15) is 0 Å². The van der Waals surface area contributed by atoms with Crippen LogP contribution in [0.4, 0.5) is 0 Å². The molecule has 0 saturated carbocycles. The van der Waals surface area contributed by atoms with Crippen LogP contribution in [0.15, 0.2) is 103 Å². The first kappa shape index (κ1) is 53.0. The lowest BCUT2D eigenvalue weighted by molar-refractivity contribution is -0.147. The van der Waals surface area contributed by atoms with Crippen LogP contribution >= 0.6 is 0 Å². The molecule has 3 aliphatic rings. The Bertz CT molecular complexity index is 2530. The standard InChI is InChI=1S/C52H63N7O13/c1-28(60)41-51(71)58-24-6-10-38(58)47(67)56-43(45(65)44(64)35-20-22-36(62)23-21-35)50(70)55-42(29(2)61)52(72)59-25-7-11-39(59)48(68)57-49(69)40(63)26-37(46(66)54-41)53-27-30-12-14-32(15-13-30)34-18-16-33(17-19-34)31-8-4-3-5-9-31/h3-5,8-9,12-23,28-29,37-45,49,53,60-65,69H,6-7,10-11,24-27H2,1-2H3,(H,54,66)(H,55,70)(H,56,67)(H,57,68). The highest BCUT2D eigenvalue weighted by atomic mass is 16.3. The van der Waals surface area contributed by atoms with Crippen molar-refractivity contribution in [3.8, 4) is 28.0 Å². The van der Waals surface area contributed by atoms with Gasteiger partial charge in [-0.05, 0) is 85.0 Å². The SMILES string of the molecule is CC(O)C1NC(=O)C(NCc2ccc(-c3ccc(-c4ccccc4)cc3)cc2)CC(O)C(O)NC(=O)C2CCCN2C(=O)C(C(C)O)NC(=O)C(C(O)C(O)c2ccc(O)cc2)NC(=O)C2CCCN2C1=O. The molecule has 4 aromatic carbocycles. The van der Waals surface area contributed by atoms with Crippen LogP contribution in [0.3, 0.4) is 0 Å². The van der Waals surface area contributed by atoms with Crippen LogP contribution in [0.1, 0.15) is 63.2 Å². The number of hydrogen-bond donors (Lipinski definition) is 12. The van der Waals surface area contributed by atoms with Gasteiger partial charge in [0.25, 0.3) is 0 Å². The highest BCUT2D eigenvalue weighted by Crippen LogP contribution is 2.27. The third-order valence-electron chi connectivity index (χ3n) is 13.5. The minimum Gasteiger partial charge on any atom is -0.508 e. The number of aliphatic hydroxyl groups excluding tert-OH is 6. The third kappa shape index (κ3) is 12.4. The molecule has 20 heteroatoms. The van der Waals surface area contributed by atoms with E-state index in [1.54, 1.807) is 0 Å². The van der Waals surface area contributed by atoms with Gasteiger partial charge in [-0.1, -0.05) is 91.0 Å². The van der Waals surface area contributed by atoms with Crippen molar-refractivity contribution in [3.05, 3.63) is 114 Å². The second-order valence-electron chi connectivity index (χ2n) is 18.7. The number of aliphatic hydroxyl groups is 6. The summed E-state index contributed by atoms with van der Waals surface area (Å²) in [6, 6.07) is 20.9. The number of carbonyl (C=O) groups is 6. The lowest BCUT2D eigenvalue weighted by Gasteiger charge is -2.34. The van der Waals surface area contributed by atoms with Crippen LogP contribution in [0.5, 0.6) is 5.75 Å². The maximum absolute atomic E-state index is 14.4. The monoisotopic (exact) mass is 993 g/mol. The predicted molar refractivity (Wildman–Crippen MR) is 260 cm³/mol. The van der Waals surface area contributed by atoms with Crippen molar-refractivity contribution in [1.29, 1.82) is 0 Å². The number of nitrogens with one attached hydrogen (secondary N) is 5. The van der Waals surface area contributed by atoms with E-state index in [0.29, 0.717) is 5.56 Å². The summed E-state index contributed by atoms with van der Waals surface area (Å²) < 4.78 is 0. The fourth-order valence-corrected chi connectivity index (χ4v) is 9.38. The first-order valence-electron chi connectivity index (χ1n) is 24.1. The summed E-state index contributed by atoms with van der Waals surface area (Å²) in [7, 11) is 0. The van der Waals surface area contributed by atoms with Gasteiger partial charge in [0.2, 0.25) is 35.4 Å². The van der Waals surface area contributed by atoms with Gasteiger partial charge in [0.15, 0.2) is 6.23 Å². The summed E-state index contributed by atoms with van der Waals surface area (Å²) in [6.45, 7) is 2.40. The Balaban J connectivity index is 1.17. The summed E-state index contributed by atoms with van der Waals surface area (Å²) in [6.07, 6.45) is -10.9. The van der Waals surface area contributed by atoms with Crippen LogP contribution in [0.2, 0.25) is 0 Å². The molecule has 0 radical (unpaired) electrons. The average molecular weight is 994 g/mol. The molecule has 0 aliphatic carbocycles. The zero-order chi connectivity index (χ0) is 51.8. The Hall–Kier alpha value is -6.78. The van der Waals surface area contributed by atoms with E-state index >= 15 is 0 Å². The zero-order valence-corrected chi connectivity index (χ0v) is 39.9. The second kappa shape index (κ2) is 23.6. The van der Waals surface area contributed by atoms with Crippen molar-refractivity contribution in [1.82, 2.24) is 36.4 Å². The molecule has 6 amide bonds. The third-order valence-corrected chi connectivity index (χ3v) is 13.5. The van der Waals surface area contributed by atoms with E-state index < -0.39 is 115 Å². The van der Waals surface area contributed by atoms with Crippen LogP contribution < -0.4 is 26.6 Å². The Morgan fingerprint density at radius 2 is 1.03 bits per heavy atom. The number of rotatable bonds is 10. The molecule has 384 valence electrons. The van der Waals surface area contributed by atoms with Gasteiger partial charge in [-0.15, -0.1) is 0 Å². The van der Waals surface area contributed by atoms with Gasteiger partial charge < -0.3 is 72.1 Å². The van der Waals surface area contributed by atoms with E-state index in [2.05, 4.69) is 26.6 Å². The fraction of sp³-hybridized carbons (Fsp3) is 0.423. The van der Waals surface area contributed by atoms with Gasteiger partial charge in [0.1, 0.15) is 54.3 Å². The molecule has 0 bridgehead atoms. The summed E-state index contributed by atoms with van der Waals surface area (Å²) in [5.74, 6) is -6.04. The first-order chi connectivity index (χ1) is 34.4. The van der Waals surface area contributed by atoms with Crippen LogP contribution in [0.25, 0.3) is 22.3 Å². The molecular weight excluding hydrogens is 931 g/mol. The molecule has 0 aromatic heterocycles. The Kier molecular flexibility index (Phi) is 17.4. The van der Waals surface area contributed by atoms with E-state index in [1.165, 1.54) is 38.1 Å². The number of fused-ring (bicyclic) bond motifs is 2. The molecule has 20 nitrogen and oxygen atoms in total. The Morgan fingerprint density at radius 3 is 1.54 bits per heavy atom. The van der Waals surface area contributed by atoms with E-state index in [4.69, 9.17) is 0 Å². The van der Waals surface area contributed by atoms with Gasteiger partial charge >= 0.3 is 0 Å². The Labute approximate surface area is 416 Å². The van der Waals surface area contributed by atoms with E-state index in [-0.39, 0.29) is 56.6 Å². The highest BCUT2D eigenvalue weighted by molar-refractivity contribution is 5.97. The van der Waals surface area contributed by atoms with Crippen LogP contribution in [-0.2, 0) is 35.3 Å². The lowest BCUT2D eigenvalue weighted by Crippen LogP contribution is -2.64. The predicted octanol–water partition coefficient (Wildman–Crippen LogP) is -0.324. The molecule has 12 unspecified atom stereocenters. The maximum atomic E-state index is 14.4. The number of carbonyl (C=O) groups excluding carboxylic acids is 6. The summed E-state index contributed by atoms with van der Waals surface area (Å²) >= 11 is 0. The van der Waals surface area contributed by atoms with E-state index in [1.807, 2.05) is 78.9 Å². The first-order valence-corrected chi connectivity index (χ1v) is 24.1. The van der Waals surface area contributed by atoms with Crippen molar-refractivity contribution < 1.29 is 64.5 Å². The van der Waals surface area contributed by atoms with Gasteiger partial charge in [-0.25, -0.2) is 0 Å². The van der Waals surface area contributed by atoms with Gasteiger partial charge in [-0.3, -0.25) is 28.8 Å². The van der Waals surface area contributed by atoms with Gasteiger partial charge in [0, 0.05) is 26.1 Å². The maximum Gasteiger partial charge on any atom is 0.248 e. The van der Waals surface area contributed by atoms with Gasteiger partial charge in [0.05, 0.1) is 18.2 Å². The molecule has 3 aliphatic heterocycles. The molecule has 12 N–H and O–H groups in total. The normalized spacial score (nSPS) is 26.7. The molecule has 7 rings (SSSR count). The van der Waals surface area contributed by atoms with E-state index in [0.717, 1.165) is 32.1 Å². The van der Waals surface area contributed by atoms with Crippen molar-refractivity contribution in [2.75, 3.05) is 13.1 Å². The number of hydrogen-bond acceptors (Lipinski definition) is 14. The molecular formula is C52H63N7O13. The molecule has 3 saturated heterocycles. The molecule has 4 aromatic rings. The Morgan fingerprint density at radius 1 is 0.569 bits per heavy atom. The number of amides is 6. The topological polar surface area (TPSA) is 311 Å². The molecule has 12 atom stereocenters. The van der Waals surface area contributed by atoms with Crippen molar-refractivity contribution in [2.45, 2.75) is 125 Å². The quantitative estimate of drug-likeness (QED) is 0.0970. The second-order valence-corrected chi connectivity index (χ2v) is 18.7. The summed E-state index contributed by atoms with van der Waals surface area (Å²) in [5, 5.41) is 89.8. The van der Waals surface area contributed by atoms with E-state index in [9.17, 15) is 64.5 Å². The number of phenols is 1. The molecule has 3 fully saturated rings. The minimum absolute atomic E-state index is 0.0194. The summed E-state index contributed by atoms with van der Waals surface area (Å²) in [4.78, 5) is 87.2. The molecule has 0 spiro atoms. The zero-order valence-electron chi connectivity index (χ0n) is 39.9. The van der Waals surface area contributed by atoms with Crippen LogP contribution in [-0.4, -0.2) is 161 Å². The number of benzene rings is 4. The number of aromatic hydroxyl groups is 1. The minimum atomic E-state index is -2.14. The smallest absolute Gasteiger partial charge is 0.248 e. The van der Waals surface area contributed by atoms with Crippen molar-refractivity contribution >= 4 is 35.4 Å². The number of phenolic OH excluding ortho intramolecular Hbond substituents is 1. The van der Waals surface area contributed by atoms with Crippen molar-refractivity contribution in [2.24, 2.45) is 0 Å². The highest BCUT2D eigenvalue weighted by Gasteiger charge is 2.45. The summed E-state index contributed by atoms with van der Waals surface area (Å²) in [5.41, 5.74) is 4.75. The lowest BCUT2D eigenvalue weighted by atomic mass is 9.97. The fourth-order valence-electron chi connectivity index (χ4n) is 9.38. The largest absolute Gasteiger partial charge is 0.508 e. The van der Waals surface area contributed by atoms with Crippen LogP contribution in [0, 0.1) is 0 Å². The van der Waals surface area contributed by atoms with Crippen molar-refractivity contribution in [3.63, 3.8) is 0 Å². The average Bonchev–Trinajstić information content (AvgIpc) is 4.09. The molecule has 3 heterocycles. The number of nitrogens with zero attached hydrogens (tertiary/aromatic N) is 2.